The molecule has 0 aliphatic carbocycles. The molecule has 0 atom stereocenters. The molecule has 0 saturated carbocycles. The Morgan fingerprint density at radius 3 is 2.40 bits per heavy atom. The van der Waals surface area contributed by atoms with Crippen molar-refractivity contribution in [2.75, 3.05) is 50.6 Å². The molecule has 1 aromatic carbocycles. The van der Waals surface area contributed by atoms with Gasteiger partial charge in [0, 0.05) is 26.2 Å². The van der Waals surface area contributed by atoms with E-state index in [2.05, 4.69) is 32.4 Å². The summed E-state index contributed by atoms with van der Waals surface area (Å²) in [5.74, 6) is 1.97. The maximum Gasteiger partial charge on any atom is 0.229 e. The normalized spacial score (nSPS) is 15.0. The van der Waals surface area contributed by atoms with Gasteiger partial charge in [-0.3, -0.25) is 4.79 Å². The van der Waals surface area contributed by atoms with Crippen LogP contribution in [0.25, 0.3) is 0 Å². The van der Waals surface area contributed by atoms with Gasteiger partial charge in [0.15, 0.2) is 11.6 Å². The number of methoxy groups -OCH3 is 1. The Bertz CT molecular complexity index is 694. The van der Waals surface area contributed by atoms with Crippen LogP contribution in [0, 0.1) is 0 Å². The van der Waals surface area contributed by atoms with E-state index < -0.39 is 0 Å². The Kier molecular flexibility index (Phi) is 5.45. The SMILES string of the molecule is COc1ccc(CC(=O)Nc2ccc(N3CCN(C)CC3)nn2)cc1. The van der Waals surface area contributed by atoms with Gasteiger partial charge >= 0.3 is 0 Å². The first-order valence-corrected chi connectivity index (χ1v) is 8.34. The molecule has 2 aromatic rings. The molecule has 1 fully saturated rings. The number of nitrogens with zero attached hydrogens (tertiary/aromatic N) is 4. The van der Waals surface area contributed by atoms with Gasteiger partial charge in [0.25, 0.3) is 0 Å². The molecule has 7 heteroatoms. The summed E-state index contributed by atoms with van der Waals surface area (Å²) in [6.45, 7) is 3.91. The zero-order valence-corrected chi connectivity index (χ0v) is 14.6. The molecule has 1 N–H and O–H groups in total. The quantitative estimate of drug-likeness (QED) is 0.887. The third-order valence-electron chi connectivity index (χ3n) is 4.27. The second kappa shape index (κ2) is 7.94. The van der Waals surface area contributed by atoms with E-state index in [1.54, 1.807) is 13.2 Å². The summed E-state index contributed by atoms with van der Waals surface area (Å²) in [6.07, 6.45) is 0.284. The fourth-order valence-electron chi connectivity index (χ4n) is 2.71. The van der Waals surface area contributed by atoms with Crippen molar-refractivity contribution in [2.24, 2.45) is 0 Å². The fraction of sp³-hybridized carbons (Fsp3) is 0.389. The molecule has 132 valence electrons. The van der Waals surface area contributed by atoms with E-state index in [0.717, 1.165) is 43.3 Å². The van der Waals surface area contributed by atoms with E-state index >= 15 is 0 Å². The van der Waals surface area contributed by atoms with Crippen molar-refractivity contribution in [1.29, 1.82) is 0 Å². The third kappa shape index (κ3) is 4.67. The first-order chi connectivity index (χ1) is 12.1. The van der Waals surface area contributed by atoms with Crippen molar-refractivity contribution < 1.29 is 9.53 Å². The van der Waals surface area contributed by atoms with E-state index in [-0.39, 0.29) is 12.3 Å². The number of likely N-dealkylation sites (N-methyl/N-ethyl adjacent to an activating group) is 1. The van der Waals surface area contributed by atoms with Crippen molar-refractivity contribution in [3.05, 3.63) is 42.0 Å². The Morgan fingerprint density at radius 2 is 1.80 bits per heavy atom. The molecule has 0 spiro atoms. The minimum Gasteiger partial charge on any atom is -0.497 e. The van der Waals surface area contributed by atoms with Crippen molar-refractivity contribution in [1.82, 2.24) is 15.1 Å². The zero-order chi connectivity index (χ0) is 17.6. The van der Waals surface area contributed by atoms with Crippen molar-refractivity contribution in [2.45, 2.75) is 6.42 Å². The highest BCUT2D eigenvalue weighted by molar-refractivity contribution is 5.91. The smallest absolute Gasteiger partial charge is 0.229 e. The maximum atomic E-state index is 12.1. The van der Waals surface area contributed by atoms with Crippen LogP contribution in [0.1, 0.15) is 5.56 Å². The number of aromatic nitrogens is 2. The molecule has 0 bridgehead atoms. The first-order valence-electron chi connectivity index (χ1n) is 8.34. The van der Waals surface area contributed by atoms with Crippen LogP contribution in [0.5, 0.6) is 5.75 Å². The van der Waals surface area contributed by atoms with Crippen LogP contribution in [0.15, 0.2) is 36.4 Å². The molecular weight excluding hydrogens is 318 g/mol. The van der Waals surface area contributed by atoms with Crippen molar-refractivity contribution >= 4 is 17.5 Å². The zero-order valence-electron chi connectivity index (χ0n) is 14.6. The van der Waals surface area contributed by atoms with Gasteiger partial charge in [0.05, 0.1) is 13.5 Å². The molecule has 1 amide bonds. The summed E-state index contributed by atoms with van der Waals surface area (Å²) in [5, 5.41) is 11.1. The van der Waals surface area contributed by atoms with Gasteiger partial charge < -0.3 is 19.9 Å². The number of carbonyl (C=O) groups is 1. The average molecular weight is 341 g/mol. The predicted molar refractivity (Wildman–Crippen MR) is 97.1 cm³/mol. The number of hydrogen-bond donors (Lipinski definition) is 1. The summed E-state index contributed by atoms with van der Waals surface area (Å²) in [4.78, 5) is 16.6. The van der Waals surface area contributed by atoms with Crippen LogP contribution >= 0.6 is 0 Å². The molecule has 1 saturated heterocycles. The molecule has 0 radical (unpaired) electrons. The van der Waals surface area contributed by atoms with E-state index in [1.807, 2.05) is 30.3 Å². The number of amides is 1. The Balaban J connectivity index is 1.54. The first kappa shape index (κ1) is 17.2. The predicted octanol–water partition coefficient (Wildman–Crippen LogP) is 1.42. The minimum absolute atomic E-state index is 0.119. The Morgan fingerprint density at radius 1 is 1.08 bits per heavy atom. The Hall–Kier alpha value is -2.67. The highest BCUT2D eigenvalue weighted by atomic mass is 16.5. The van der Waals surface area contributed by atoms with Gasteiger partial charge in [-0.25, -0.2) is 0 Å². The second-order valence-electron chi connectivity index (χ2n) is 6.14. The highest BCUT2D eigenvalue weighted by Crippen LogP contribution is 2.15. The maximum absolute atomic E-state index is 12.1. The Labute approximate surface area is 147 Å². The van der Waals surface area contributed by atoms with Crippen molar-refractivity contribution in [3.63, 3.8) is 0 Å². The molecular formula is C18H23N5O2. The monoisotopic (exact) mass is 341 g/mol. The van der Waals surface area contributed by atoms with Crippen LogP contribution in [0.4, 0.5) is 11.6 Å². The van der Waals surface area contributed by atoms with Gasteiger partial charge in [-0.2, -0.15) is 0 Å². The standard InChI is InChI=1S/C18H23N5O2/c1-22-9-11-23(12-10-22)17-8-7-16(20-21-17)19-18(24)13-14-3-5-15(25-2)6-4-14/h3-8H,9-13H2,1-2H3,(H,19,20,24). The highest BCUT2D eigenvalue weighted by Gasteiger charge is 2.15. The van der Waals surface area contributed by atoms with Crippen LogP contribution in [0.3, 0.4) is 0 Å². The van der Waals surface area contributed by atoms with E-state index in [1.165, 1.54) is 0 Å². The summed E-state index contributed by atoms with van der Waals surface area (Å²) in [7, 11) is 3.73. The molecule has 1 aliphatic rings. The van der Waals surface area contributed by atoms with Gasteiger partial charge in [0.2, 0.25) is 5.91 Å². The summed E-state index contributed by atoms with van der Waals surface area (Å²) < 4.78 is 5.11. The summed E-state index contributed by atoms with van der Waals surface area (Å²) in [6, 6.07) is 11.1. The van der Waals surface area contributed by atoms with Crippen LogP contribution in [0.2, 0.25) is 0 Å². The fourth-order valence-corrected chi connectivity index (χ4v) is 2.71. The van der Waals surface area contributed by atoms with Gasteiger partial charge in [-0.15, -0.1) is 10.2 Å². The lowest BCUT2D eigenvalue weighted by Gasteiger charge is -2.32. The molecule has 7 nitrogen and oxygen atoms in total. The number of piperazine rings is 1. The third-order valence-corrected chi connectivity index (χ3v) is 4.27. The molecule has 3 rings (SSSR count). The number of nitrogens with one attached hydrogen (secondary N) is 1. The van der Waals surface area contributed by atoms with E-state index in [0.29, 0.717) is 5.82 Å². The number of carbonyl (C=O) groups excluding carboxylic acids is 1. The lowest BCUT2D eigenvalue weighted by molar-refractivity contribution is -0.115. The van der Waals surface area contributed by atoms with Crippen LogP contribution < -0.4 is 15.0 Å². The summed E-state index contributed by atoms with van der Waals surface area (Å²) >= 11 is 0. The average Bonchev–Trinajstić information content (AvgIpc) is 2.64. The van der Waals surface area contributed by atoms with Gasteiger partial charge in [-0.05, 0) is 36.9 Å². The summed E-state index contributed by atoms with van der Waals surface area (Å²) in [5.41, 5.74) is 0.917. The molecule has 1 aromatic heterocycles. The number of anilines is 2. The largest absolute Gasteiger partial charge is 0.497 e. The number of benzene rings is 1. The molecule has 2 heterocycles. The topological polar surface area (TPSA) is 70.6 Å². The van der Waals surface area contributed by atoms with E-state index in [4.69, 9.17) is 4.74 Å². The molecule has 25 heavy (non-hydrogen) atoms. The lowest BCUT2D eigenvalue weighted by atomic mass is 10.1. The number of rotatable bonds is 5. The van der Waals surface area contributed by atoms with Crippen LogP contribution in [-0.4, -0.2) is 61.3 Å². The minimum atomic E-state index is -0.119. The lowest BCUT2D eigenvalue weighted by Crippen LogP contribution is -2.44. The van der Waals surface area contributed by atoms with Gasteiger partial charge in [-0.1, -0.05) is 12.1 Å². The van der Waals surface area contributed by atoms with Gasteiger partial charge in [0.1, 0.15) is 5.75 Å². The molecule has 1 aliphatic heterocycles. The number of hydrogen-bond acceptors (Lipinski definition) is 6. The van der Waals surface area contributed by atoms with Crippen LogP contribution in [-0.2, 0) is 11.2 Å². The number of ether oxygens (including phenoxy) is 1. The van der Waals surface area contributed by atoms with Crippen molar-refractivity contribution in [3.8, 4) is 5.75 Å². The molecule has 0 unspecified atom stereocenters. The van der Waals surface area contributed by atoms with E-state index in [9.17, 15) is 4.79 Å². The second-order valence-corrected chi connectivity index (χ2v) is 6.14.